The minimum absolute atomic E-state index is 0.183. The van der Waals surface area contributed by atoms with Crippen LogP contribution in [0.1, 0.15) is 22.1 Å². The van der Waals surface area contributed by atoms with Gasteiger partial charge in [-0.1, -0.05) is 23.7 Å². The van der Waals surface area contributed by atoms with Gasteiger partial charge in [0.2, 0.25) is 0 Å². The van der Waals surface area contributed by atoms with Crippen molar-refractivity contribution in [1.82, 2.24) is 0 Å². The van der Waals surface area contributed by atoms with Crippen molar-refractivity contribution in [2.45, 2.75) is 36.9 Å². The molecule has 136 valence electrons. The van der Waals surface area contributed by atoms with Gasteiger partial charge in [0.15, 0.2) is 0 Å². The Bertz CT molecular complexity index is 716. The van der Waals surface area contributed by atoms with Gasteiger partial charge in [-0.3, -0.25) is 0 Å². The second-order valence-corrected chi connectivity index (χ2v) is 7.73. The Morgan fingerprint density at radius 1 is 1.04 bits per heavy atom. The molecule has 3 rings (SSSR count). The van der Waals surface area contributed by atoms with Crippen LogP contribution in [0.5, 0.6) is 5.75 Å². The zero-order valence-corrected chi connectivity index (χ0v) is 14.7. The van der Waals surface area contributed by atoms with Crippen LogP contribution in [0.4, 0.5) is 0 Å². The number of hydrogen-bond acceptors (Lipinski definition) is 7. The number of ether oxygens (including phenoxy) is 1. The fourth-order valence-electron chi connectivity index (χ4n) is 2.86. The van der Waals surface area contributed by atoms with Crippen molar-refractivity contribution < 1.29 is 30.3 Å². The molecule has 2 aromatic rings. The monoisotopic (exact) mass is 386 g/mol. The summed E-state index contributed by atoms with van der Waals surface area (Å²) >= 11 is 7.52. The summed E-state index contributed by atoms with van der Waals surface area (Å²) in [5.41, 5.74) is 1.78. The van der Waals surface area contributed by atoms with E-state index in [0.29, 0.717) is 15.6 Å². The molecular formula is C17H19ClO6S. The highest BCUT2D eigenvalue weighted by molar-refractivity contribution is 7.16. The Hall–Kier alpha value is -1.19. The lowest BCUT2D eigenvalue weighted by molar-refractivity contribution is -0.230. The van der Waals surface area contributed by atoms with Crippen molar-refractivity contribution in [2.75, 3.05) is 6.61 Å². The third-order valence-corrected chi connectivity index (χ3v) is 5.78. The minimum atomic E-state index is -1.42. The molecule has 25 heavy (non-hydrogen) atoms. The van der Waals surface area contributed by atoms with Crippen LogP contribution in [0.3, 0.4) is 0 Å². The van der Waals surface area contributed by atoms with Gasteiger partial charge in [-0.15, -0.1) is 11.3 Å². The molecule has 6 nitrogen and oxygen atoms in total. The third-order valence-electron chi connectivity index (χ3n) is 4.28. The van der Waals surface area contributed by atoms with Gasteiger partial charge in [-0.2, -0.15) is 0 Å². The van der Waals surface area contributed by atoms with Crippen LogP contribution in [-0.2, 0) is 11.2 Å². The maximum atomic E-state index is 10.2. The van der Waals surface area contributed by atoms with Crippen molar-refractivity contribution in [2.24, 2.45) is 0 Å². The van der Waals surface area contributed by atoms with E-state index in [4.69, 9.17) is 16.3 Å². The van der Waals surface area contributed by atoms with Gasteiger partial charge < -0.3 is 30.3 Å². The van der Waals surface area contributed by atoms with E-state index in [-0.39, 0.29) is 5.75 Å². The molecule has 1 fully saturated rings. The highest BCUT2D eigenvalue weighted by Crippen LogP contribution is 2.39. The molecule has 0 spiro atoms. The third kappa shape index (κ3) is 3.83. The second kappa shape index (κ2) is 7.59. The van der Waals surface area contributed by atoms with E-state index in [2.05, 4.69) is 0 Å². The Morgan fingerprint density at radius 3 is 2.36 bits per heavy atom. The summed E-state index contributed by atoms with van der Waals surface area (Å²) in [5.74, 6) is 0.183. The van der Waals surface area contributed by atoms with Crippen molar-refractivity contribution in [3.63, 3.8) is 0 Å². The first-order chi connectivity index (χ1) is 11.9. The van der Waals surface area contributed by atoms with E-state index < -0.39 is 37.1 Å². The topological polar surface area (TPSA) is 110 Å². The first kappa shape index (κ1) is 18.6. The van der Waals surface area contributed by atoms with Crippen LogP contribution in [0.25, 0.3) is 0 Å². The van der Waals surface area contributed by atoms with E-state index in [1.165, 1.54) is 11.3 Å². The number of aliphatic hydroxyl groups excluding tert-OH is 4. The van der Waals surface area contributed by atoms with Crippen LogP contribution in [0.15, 0.2) is 30.3 Å². The van der Waals surface area contributed by atoms with Gasteiger partial charge in [-0.25, -0.2) is 0 Å². The zero-order valence-electron chi connectivity index (χ0n) is 13.1. The zero-order chi connectivity index (χ0) is 18.1. The highest BCUT2D eigenvalue weighted by atomic mass is 35.5. The SMILES string of the molecule is OC[C@H]1OC(c2cc(Cc3ccc(O)cc3)c(Cl)s2)[C@H](O)[C@@H](O)[C@@H]1O. The molecule has 1 aromatic heterocycles. The van der Waals surface area contributed by atoms with E-state index in [1.54, 1.807) is 30.3 Å². The normalized spacial score (nSPS) is 29.7. The first-order valence-electron chi connectivity index (χ1n) is 7.77. The smallest absolute Gasteiger partial charge is 0.121 e. The van der Waals surface area contributed by atoms with E-state index in [0.717, 1.165) is 11.1 Å². The molecule has 1 aliphatic heterocycles. The van der Waals surface area contributed by atoms with Gasteiger partial charge in [0, 0.05) is 4.88 Å². The predicted octanol–water partition coefficient (Wildman–Crippen LogP) is 1.21. The predicted molar refractivity (Wildman–Crippen MR) is 93.0 cm³/mol. The number of rotatable bonds is 4. The Balaban J connectivity index is 1.82. The summed E-state index contributed by atoms with van der Waals surface area (Å²) in [7, 11) is 0. The number of halogens is 1. The molecule has 1 unspecified atom stereocenters. The number of thiophene rings is 1. The van der Waals surface area contributed by atoms with Crippen LogP contribution < -0.4 is 0 Å². The Kier molecular flexibility index (Phi) is 5.65. The molecule has 5 atom stereocenters. The lowest BCUT2D eigenvalue weighted by atomic mass is 9.94. The lowest BCUT2D eigenvalue weighted by Crippen LogP contribution is -2.55. The average Bonchev–Trinajstić information content (AvgIpc) is 2.95. The van der Waals surface area contributed by atoms with Crippen LogP contribution in [-0.4, -0.2) is 56.6 Å². The van der Waals surface area contributed by atoms with Crippen molar-refractivity contribution in [3.8, 4) is 5.75 Å². The van der Waals surface area contributed by atoms with Crippen LogP contribution in [0, 0.1) is 0 Å². The lowest BCUT2D eigenvalue weighted by Gasteiger charge is -2.39. The number of aromatic hydroxyl groups is 1. The molecule has 0 saturated carbocycles. The summed E-state index contributed by atoms with van der Waals surface area (Å²) in [6.07, 6.45) is -5.43. The number of benzene rings is 1. The molecule has 0 aliphatic carbocycles. The van der Waals surface area contributed by atoms with Gasteiger partial charge in [0.1, 0.15) is 36.3 Å². The van der Waals surface area contributed by atoms with Crippen LogP contribution in [0.2, 0.25) is 4.34 Å². The molecular weight excluding hydrogens is 368 g/mol. The largest absolute Gasteiger partial charge is 0.508 e. The molecule has 1 saturated heterocycles. The van der Waals surface area contributed by atoms with Crippen molar-refractivity contribution >= 4 is 22.9 Å². The summed E-state index contributed by atoms with van der Waals surface area (Å²) in [5, 5.41) is 48.6. The second-order valence-electron chi connectivity index (χ2n) is 6.04. The van der Waals surface area contributed by atoms with E-state index in [1.807, 2.05) is 0 Å². The average molecular weight is 387 g/mol. The summed E-state index contributed by atoms with van der Waals surface area (Å²) in [4.78, 5) is 0.607. The molecule has 0 bridgehead atoms. The highest BCUT2D eigenvalue weighted by Gasteiger charge is 2.44. The maximum Gasteiger partial charge on any atom is 0.121 e. The fourth-order valence-corrected chi connectivity index (χ4v) is 4.23. The minimum Gasteiger partial charge on any atom is -0.508 e. The van der Waals surface area contributed by atoms with Gasteiger partial charge in [0.25, 0.3) is 0 Å². The number of aliphatic hydroxyl groups is 4. The molecule has 0 radical (unpaired) electrons. The summed E-state index contributed by atoms with van der Waals surface area (Å²) in [6.45, 7) is -0.471. The molecule has 8 heteroatoms. The molecule has 1 aromatic carbocycles. The molecule has 5 N–H and O–H groups in total. The van der Waals surface area contributed by atoms with Gasteiger partial charge >= 0.3 is 0 Å². The number of phenols is 1. The maximum absolute atomic E-state index is 10.2. The first-order valence-corrected chi connectivity index (χ1v) is 8.96. The van der Waals surface area contributed by atoms with Crippen molar-refractivity contribution in [1.29, 1.82) is 0 Å². The van der Waals surface area contributed by atoms with Gasteiger partial charge in [-0.05, 0) is 35.7 Å². The number of phenolic OH excluding ortho intramolecular Hbond substituents is 1. The molecule has 2 heterocycles. The van der Waals surface area contributed by atoms with E-state index in [9.17, 15) is 25.5 Å². The van der Waals surface area contributed by atoms with Gasteiger partial charge in [0.05, 0.1) is 10.9 Å². The molecule has 0 amide bonds. The van der Waals surface area contributed by atoms with Crippen molar-refractivity contribution in [3.05, 3.63) is 50.7 Å². The standard InChI is InChI=1S/C17H19ClO6S/c18-17-9(5-8-1-3-10(20)4-2-8)6-12(25-17)16-15(23)14(22)13(21)11(7-19)24-16/h1-4,6,11,13-16,19-23H,5,7H2/t11-,13-,14+,15-,16?/m1/s1. The summed E-state index contributed by atoms with van der Waals surface area (Å²) < 4.78 is 6.09. The molecule has 1 aliphatic rings. The quantitative estimate of drug-likeness (QED) is 0.540. The summed E-state index contributed by atoms with van der Waals surface area (Å²) in [6, 6.07) is 8.54. The number of hydrogen-bond donors (Lipinski definition) is 5. The fraction of sp³-hybridized carbons (Fsp3) is 0.412. The van der Waals surface area contributed by atoms with E-state index >= 15 is 0 Å². The van der Waals surface area contributed by atoms with Crippen LogP contribution >= 0.6 is 22.9 Å². The Labute approximate surface area is 153 Å². The Morgan fingerprint density at radius 2 is 1.72 bits per heavy atom.